The summed E-state index contributed by atoms with van der Waals surface area (Å²) in [5, 5.41) is 24.0. The molecule has 2 fully saturated rings. The number of hydrogen-bond donors (Lipinski definition) is 2. The zero-order valence-corrected chi connectivity index (χ0v) is 20.2. The standard InChI is InChI=1S/C24H34N4O3S/c1-13(22(31)28(4)11-5-10-25)16-8-9-24(3)12-17-19(14(2)18(24)20(16)29)26-23(32-17)27-21(30)15-6-7-15/h13-16,18,20,29H,5-9,11-12H2,1-4H3,(H,26,27,30)/t13-,14-,16+,18+,20-,24-/m0/s1. The average molecular weight is 459 g/mol. The number of carbonyl (C=O) groups is 2. The minimum absolute atomic E-state index is 0.00390. The van der Waals surface area contributed by atoms with E-state index >= 15 is 0 Å². The minimum atomic E-state index is -0.591. The second kappa shape index (κ2) is 8.75. The number of nitrogens with zero attached hydrogens (tertiary/aromatic N) is 3. The van der Waals surface area contributed by atoms with E-state index in [9.17, 15) is 14.7 Å². The summed E-state index contributed by atoms with van der Waals surface area (Å²) in [6.07, 6.45) is 4.25. The largest absolute Gasteiger partial charge is 0.392 e. The Morgan fingerprint density at radius 1 is 1.41 bits per heavy atom. The van der Waals surface area contributed by atoms with E-state index in [0.717, 1.165) is 37.8 Å². The molecule has 0 saturated heterocycles. The summed E-state index contributed by atoms with van der Waals surface area (Å²) in [7, 11) is 1.73. The van der Waals surface area contributed by atoms with Crippen LogP contribution in [0.2, 0.25) is 0 Å². The van der Waals surface area contributed by atoms with Crippen molar-refractivity contribution in [1.29, 1.82) is 5.26 Å². The molecular weight excluding hydrogens is 424 g/mol. The van der Waals surface area contributed by atoms with Gasteiger partial charge in [-0.3, -0.25) is 9.59 Å². The summed E-state index contributed by atoms with van der Waals surface area (Å²) in [5.74, 6) is -0.125. The molecule has 3 aliphatic carbocycles. The van der Waals surface area contributed by atoms with Gasteiger partial charge in [0.25, 0.3) is 0 Å². The Kier molecular flexibility index (Phi) is 6.34. The lowest BCUT2D eigenvalue weighted by molar-refractivity contribution is -0.143. The van der Waals surface area contributed by atoms with Crippen molar-refractivity contribution < 1.29 is 14.7 Å². The van der Waals surface area contributed by atoms with Crippen molar-refractivity contribution in [1.82, 2.24) is 9.88 Å². The second-order valence-electron chi connectivity index (χ2n) is 10.4. The molecule has 0 spiro atoms. The summed E-state index contributed by atoms with van der Waals surface area (Å²) in [5.41, 5.74) is 0.940. The Labute approximate surface area is 194 Å². The predicted octanol–water partition coefficient (Wildman–Crippen LogP) is 3.55. The molecule has 1 heterocycles. The number of thiazole rings is 1. The van der Waals surface area contributed by atoms with Crippen molar-refractivity contribution in [2.75, 3.05) is 18.9 Å². The first-order valence-corrected chi connectivity index (χ1v) is 12.6. The van der Waals surface area contributed by atoms with Gasteiger partial charge >= 0.3 is 0 Å². The molecule has 3 aliphatic rings. The molecular formula is C24H34N4O3S. The Balaban J connectivity index is 1.52. The molecule has 2 saturated carbocycles. The van der Waals surface area contributed by atoms with Gasteiger partial charge in [-0.1, -0.05) is 20.8 Å². The number of nitrogens with one attached hydrogen (secondary N) is 1. The maximum absolute atomic E-state index is 12.9. The second-order valence-corrected chi connectivity index (χ2v) is 11.5. The van der Waals surface area contributed by atoms with Crippen molar-refractivity contribution in [2.24, 2.45) is 29.1 Å². The van der Waals surface area contributed by atoms with Gasteiger partial charge in [-0.2, -0.15) is 5.26 Å². The predicted molar refractivity (Wildman–Crippen MR) is 123 cm³/mol. The van der Waals surface area contributed by atoms with Gasteiger partial charge in [0.05, 0.1) is 24.3 Å². The van der Waals surface area contributed by atoms with Crippen LogP contribution in [0.25, 0.3) is 0 Å². The van der Waals surface area contributed by atoms with E-state index in [1.807, 2.05) is 6.92 Å². The van der Waals surface area contributed by atoms with Crippen molar-refractivity contribution >= 4 is 28.3 Å². The van der Waals surface area contributed by atoms with Crippen LogP contribution in [-0.4, -0.2) is 46.5 Å². The molecule has 7 nitrogen and oxygen atoms in total. The number of fused-ring (bicyclic) bond motifs is 2. The summed E-state index contributed by atoms with van der Waals surface area (Å²) in [6, 6.07) is 2.09. The smallest absolute Gasteiger partial charge is 0.229 e. The zero-order chi connectivity index (χ0) is 23.2. The van der Waals surface area contributed by atoms with Gasteiger partial charge in [0.15, 0.2) is 5.13 Å². The molecule has 0 radical (unpaired) electrons. The Hall–Kier alpha value is -1.98. The summed E-state index contributed by atoms with van der Waals surface area (Å²) in [6.45, 7) is 6.71. The Morgan fingerprint density at radius 2 is 2.12 bits per heavy atom. The molecule has 2 N–H and O–H groups in total. The average Bonchev–Trinajstić information content (AvgIpc) is 3.52. The van der Waals surface area contributed by atoms with E-state index < -0.39 is 6.10 Å². The van der Waals surface area contributed by atoms with Crippen LogP contribution in [-0.2, 0) is 16.0 Å². The van der Waals surface area contributed by atoms with Gasteiger partial charge in [-0.25, -0.2) is 4.98 Å². The fraction of sp³-hybridized carbons (Fsp3) is 0.750. The molecule has 174 valence electrons. The lowest BCUT2D eigenvalue weighted by atomic mass is 9.53. The highest BCUT2D eigenvalue weighted by molar-refractivity contribution is 7.15. The van der Waals surface area contributed by atoms with Gasteiger partial charge in [0, 0.05) is 36.2 Å². The summed E-state index contributed by atoms with van der Waals surface area (Å²) >= 11 is 1.58. The molecule has 4 rings (SSSR count). The van der Waals surface area contributed by atoms with Crippen molar-refractivity contribution in [2.45, 2.75) is 71.3 Å². The van der Waals surface area contributed by atoms with Crippen LogP contribution in [0, 0.1) is 40.4 Å². The van der Waals surface area contributed by atoms with E-state index in [4.69, 9.17) is 10.2 Å². The maximum Gasteiger partial charge on any atom is 0.229 e. The highest BCUT2D eigenvalue weighted by atomic mass is 32.1. The number of nitriles is 1. The highest BCUT2D eigenvalue weighted by Crippen LogP contribution is 2.57. The summed E-state index contributed by atoms with van der Waals surface area (Å²) < 4.78 is 0. The van der Waals surface area contributed by atoms with Crippen molar-refractivity contribution in [3.63, 3.8) is 0 Å². The van der Waals surface area contributed by atoms with Crippen molar-refractivity contribution in [3.8, 4) is 6.07 Å². The molecule has 32 heavy (non-hydrogen) atoms. The topological polar surface area (TPSA) is 106 Å². The molecule has 0 aromatic carbocycles. The molecule has 1 aromatic heterocycles. The third-order valence-electron chi connectivity index (χ3n) is 8.07. The van der Waals surface area contributed by atoms with E-state index in [1.54, 1.807) is 23.3 Å². The number of aliphatic hydroxyl groups excluding tert-OH is 1. The van der Waals surface area contributed by atoms with Gasteiger partial charge in [0.2, 0.25) is 11.8 Å². The van der Waals surface area contributed by atoms with Gasteiger partial charge < -0.3 is 15.3 Å². The Morgan fingerprint density at radius 3 is 2.78 bits per heavy atom. The van der Waals surface area contributed by atoms with E-state index in [0.29, 0.717) is 18.1 Å². The number of rotatable bonds is 6. The van der Waals surface area contributed by atoms with E-state index in [1.165, 1.54) is 4.88 Å². The first-order chi connectivity index (χ1) is 15.2. The van der Waals surface area contributed by atoms with Gasteiger partial charge in [-0.15, -0.1) is 11.3 Å². The highest BCUT2D eigenvalue weighted by Gasteiger charge is 2.54. The lowest BCUT2D eigenvalue weighted by Gasteiger charge is -2.53. The van der Waals surface area contributed by atoms with Crippen LogP contribution in [0.1, 0.15) is 69.4 Å². The van der Waals surface area contributed by atoms with Gasteiger partial charge in [-0.05, 0) is 49.4 Å². The third-order valence-corrected chi connectivity index (χ3v) is 9.05. The van der Waals surface area contributed by atoms with Crippen LogP contribution in [0.3, 0.4) is 0 Å². The van der Waals surface area contributed by atoms with Crippen LogP contribution in [0.15, 0.2) is 0 Å². The minimum Gasteiger partial charge on any atom is -0.392 e. The number of carbonyl (C=O) groups excluding carboxylic acids is 2. The number of aliphatic hydroxyl groups is 1. The SMILES string of the molecule is C[C@H](C(=O)N(C)CCC#N)[C@H]1CC[C@@]2(C)Cc3sc(NC(=O)C4CC4)nc3[C@@H](C)[C@@H]2[C@H]1O. The first-order valence-electron chi connectivity index (χ1n) is 11.8. The van der Waals surface area contributed by atoms with Gasteiger partial charge in [0.1, 0.15) is 0 Å². The van der Waals surface area contributed by atoms with Crippen LogP contribution in [0.4, 0.5) is 5.13 Å². The third kappa shape index (κ3) is 4.17. The van der Waals surface area contributed by atoms with E-state index in [-0.39, 0.29) is 46.8 Å². The maximum atomic E-state index is 12.9. The molecule has 8 heteroatoms. The number of aromatic nitrogens is 1. The quantitative estimate of drug-likeness (QED) is 0.678. The molecule has 1 aromatic rings. The monoisotopic (exact) mass is 458 g/mol. The fourth-order valence-corrected chi connectivity index (χ4v) is 7.28. The Bertz CT molecular complexity index is 936. The molecule has 0 aliphatic heterocycles. The molecule has 0 bridgehead atoms. The molecule has 2 amide bonds. The number of hydrogen-bond acceptors (Lipinski definition) is 6. The van der Waals surface area contributed by atoms with E-state index in [2.05, 4.69) is 25.2 Å². The summed E-state index contributed by atoms with van der Waals surface area (Å²) in [4.78, 5) is 32.7. The van der Waals surface area contributed by atoms with Crippen molar-refractivity contribution in [3.05, 3.63) is 10.6 Å². The number of amides is 2. The van der Waals surface area contributed by atoms with Crippen LogP contribution < -0.4 is 5.32 Å². The number of anilines is 1. The molecule has 6 atom stereocenters. The molecule has 0 unspecified atom stereocenters. The first kappa shape index (κ1) is 23.2. The zero-order valence-electron chi connectivity index (χ0n) is 19.4. The fourth-order valence-electron chi connectivity index (χ4n) is 6.01. The normalized spacial score (nSPS) is 32.2. The lowest BCUT2D eigenvalue weighted by Crippen LogP contribution is -2.53. The van der Waals surface area contributed by atoms with Crippen LogP contribution >= 0.6 is 11.3 Å². The van der Waals surface area contributed by atoms with Crippen LogP contribution in [0.5, 0.6) is 0 Å².